The number of anilines is 2. The summed E-state index contributed by atoms with van der Waals surface area (Å²) in [6, 6.07) is 21.3. The molecule has 3 aromatic carbocycles. The van der Waals surface area contributed by atoms with Crippen molar-refractivity contribution in [2.75, 3.05) is 10.6 Å². The van der Waals surface area contributed by atoms with Crippen LogP contribution in [0.5, 0.6) is 0 Å². The molecule has 0 radical (unpaired) electrons. The third-order valence-electron chi connectivity index (χ3n) is 3.58. The molecule has 0 fully saturated rings. The molecule has 6 heteroatoms. The van der Waals surface area contributed by atoms with Crippen LogP contribution >= 0.6 is 31.9 Å². The van der Waals surface area contributed by atoms with Gasteiger partial charge in [-0.2, -0.15) is 0 Å². The highest BCUT2D eigenvalue weighted by Crippen LogP contribution is 2.20. The highest BCUT2D eigenvalue weighted by atomic mass is 79.9. The highest BCUT2D eigenvalue weighted by molar-refractivity contribution is 9.10. The van der Waals surface area contributed by atoms with Crippen molar-refractivity contribution in [2.45, 2.75) is 0 Å². The topological polar surface area (TPSA) is 58.2 Å². The average Bonchev–Trinajstić information content (AvgIpc) is 2.62. The average molecular weight is 474 g/mol. The van der Waals surface area contributed by atoms with Gasteiger partial charge in [0.2, 0.25) is 0 Å². The smallest absolute Gasteiger partial charge is 0.256 e. The zero-order chi connectivity index (χ0) is 18.5. The molecule has 0 aliphatic rings. The molecule has 0 aliphatic carbocycles. The Morgan fingerprint density at radius 1 is 0.692 bits per heavy atom. The van der Waals surface area contributed by atoms with E-state index in [0.717, 1.165) is 8.95 Å². The number of benzene rings is 3. The van der Waals surface area contributed by atoms with Crippen LogP contribution < -0.4 is 10.6 Å². The van der Waals surface area contributed by atoms with Gasteiger partial charge in [-0.05, 0) is 64.5 Å². The molecule has 0 atom stereocenters. The number of rotatable bonds is 4. The Balaban J connectivity index is 1.73. The molecule has 0 aromatic heterocycles. The lowest BCUT2D eigenvalue weighted by Gasteiger charge is -2.10. The Hall–Kier alpha value is -2.44. The van der Waals surface area contributed by atoms with E-state index in [-0.39, 0.29) is 11.8 Å². The lowest BCUT2D eigenvalue weighted by Crippen LogP contribution is -2.14. The number of carbonyl (C=O) groups excluding carboxylic acids is 2. The number of hydrogen-bond acceptors (Lipinski definition) is 2. The molecule has 0 saturated heterocycles. The molecule has 0 heterocycles. The fourth-order valence-electron chi connectivity index (χ4n) is 2.35. The number of nitrogens with one attached hydrogen (secondary N) is 2. The molecule has 0 spiro atoms. The van der Waals surface area contributed by atoms with Crippen molar-refractivity contribution in [1.29, 1.82) is 0 Å². The fourth-order valence-corrected chi connectivity index (χ4v) is 3.22. The van der Waals surface area contributed by atoms with Gasteiger partial charge in [0.05, 0.1) is 5.56 Å². The van der Waals surface area contributed by atoms with Crippen molar-refractivity contribution in [2.24, 2.45) is 0 Å². The summed E-state index contributed by atoms with van der Waals surface area (Å²) < 4.78 is 1.55. The molecule has 2 amide bonds. The fraction of sp³-hybridized carbons (Fsp3) is 0. The SMILES string of the molecule is O=C(Nc1cccc(NC(=O)c2ccccc2Br)c1)c1cccc(Br)c1. The van der Waals surface area contributed by atoms with Gasteiger partial charge in [0, 0.05) is 25.9 Å². The molecule has 4 nitrogen and oxygen atoms in total. The second-order valence-corrected chi connectivity index (χ2v) is 7.25. The Bertz CT molecular complexity index is 973. The van der Waals surface area contributed by atoms with E-state index in [0.29, 0.717) is 22.5 Å². The zero-order valence-corrected chi connectivity index (χ0v) is 16.7. The van der Waals surface area contributed by atoms with Gasteiger partial charge in [-0.15, -0.1) is 0 Å². The quantitative estimate of drug-likeness (QED) is 0.509. The van der Waals surface area contributed by atoms with Gasteiger partial charge in [-0.1, -0.05) is 40.2 Å². The van der Waals surface area contributed by atoms with E-state index in [9.17, 15) is 9.59 Å². The minimum absolute atomic E-state index is 0.222. The van der Waals surface area contributed by atoms with Crippen LogP contribution in [-0.2, 0) is 0 Å². The van der Waals surface area contributed by atoms with Gasteiger partial charge in [0.15, 0.2) is 0 Å². The zero-order valence-electron chi connectivity index (χ0n) is 13.5. The monoisotopic (exact) mass is 472 g/mol. The van der Waals surface area contributed by atoms with E-state index in [1.807, 2.05) is 18.2 Å². The molecule has 0 unspecified atom stereocenters. The van der Waals surface area contributed by atoms with E-state index < -0.39 is 0 Å². The molecule has 0 aliphatic heterocycles. The molecule has 26 heavy (non-hydrogen) atoms. The molecular formula is C20H14Br2N2O2. The molecule has 3 aromatic rings. The van der Waals surface area contributed by atoms with Crippen molar-refractivity contribution in [3.63, 3.8) is 0 Å². The lowest BCUT2D eigenvalue weighted by atomic mass is 10.2. The summed E-state index contributed by atoms with van der Waals surface area (Å²) in [6.45, 7) is 0. The van der Waals surface area contributed by atoms with Crippen molar-refractivity contribution in [3.8, 4) is 0 Å². The maximum atomic E-state index is 12.4. The number of carbonyl (C=O) groups is 2. The Kier molecular flexibility index (Phi) is 5.85. The minimum atomic E-state index is -0.229. The lowest BCUT2D eigenvalue weighted by molar-refractivity contribution is 0.101. The third kappa shape index (κ3) is 4.59. The first-order valence-electron chi connectivity index (χ1n) is 7.76. The van der Waals surface area contributed by atoms with Crippen molar-refractivity contribution < 1.29 is 9.59 Å². The standard InChI is InChI=1S/C20H14Br2N2O2/c21-14-6-3-5-13(11-14)19(25)23-15-7-4-8-16(12-15)24-20(26)17-9-1-2-10-18(17)22/h1-12H,(H,23,25)(H,24,26). The van der Waals surface area contributed by atoms with Gasteiger partial charge >= 0.3 is 0 Å². The summed E-state index contributed by atoms with van der Waals surface area (Å²) in [4.78, 5) is 24.7. The third-order valence-corrected chi connectivity index (χ3v) is 4.77. The van der Waals surface area contributed by atoms with Crippen LogP contribution in [0.15, 0.2) is 81.7 Å². The van der Waals surface area contributed by atoms with Gasteiger partial charge in [0.1, 0.15) is 0 Å². The summed E-state index contributed by atoms with van der Waals surface area (Å²) in [5, 5.41) is 5.66. The summed E-state index contributed by atoms with van der Waals surface area (Å²) >= 11 is 6.72. The van der Waals surface area contributed by atoms with E-state index in [2.05, 4.69) is 42.5 Å². The van der Waals surface area contributed by atoms with Crippen LogP contribution in [0.3, 0.4) is 0 Å². The Labute approximate surface area is 167 Å². The van der Waals surface area contributed by atoms with E-state index in [4.69, 9.17) is 0 Å². The van der Waals surface area contributed by atoms with Crippen LogP contribution in [0.25, 0.3) is 0 Å². The summed E-state index contributed by atoms with van der Waals surface area (Å²) in [6.07, 6.45) is 0. The van der Waals surface area contributed by atoms with Gasteiger partial charge < -0.3 is 10.6 Å². The second-order valence-electron chi connectivity index (χ2n) is 5.48. The van der Waals surface area contributed by atoms with Crippen molar-refractivity contribution >= 4 is 55.0 Å². The Morgan fingerprint density at radius 3 is 2.04 bits per heavy atom. The second kappa shape index (κ2) is 8.29. The molecule has 2 N–H and O–H groups in total. The molecule has 3 rings (SSSR count). The Morgan fingerprint density at radius 2 is 1.35 bits per heavy atom. The van der Waals surface area contributed by atoms with Crippen molar-refractivity contribution in [1.82, 2.24) is 0 Å². The van der Waals surface area contributed by atoms with Crippen LogP contribution in [0.1, 0.15) is 20.7 Å². The predicted octanol–water partition coefficient (Wildman–Crippen LogP) is 5.72. The number of halogens is 2. The maximum Gasteiger partial charge on any atom is 0.256 e. The first kappa shape index (κ1) is 18.4. The molecule has 0 saturated carbocycles. The summed E-state index contributed by atoms with van der Waals surface area (Å²) in [5.74, 6) is -0.450. The number of hydrogen-bond donors (Lipinski definition) is 2. The predicted molar refractivity (Wildman–Crippen MR) is 111 cm³/mol. The first-order valence-corrected chi connectivity index (χ1v) is 9.34. The van der Waals surface area contributed by atoms with Crippen LogP contribution in [0.2, 0.25) is 0 Å². The van der Waals surface area contributed by atoms with Crippen LogP contribution in [0.4, 0.5) is 11.4 Å². The van der Waals surface area contributed by atoms with Crippen LogP contribution in [0, 0.1) is 0 Å². The van der Waals surface area contributed by atoms with Crippen molar-refractivity contribution in [3.05, 3.63) is 92.9 Å². The minimum Gasteiger partial charge on any atom is -0.322 e. The summed E-state index contributed by atoms with van der Waals surface area (Å²) in [5.41, 5.74) is 2.27. The molecule has 130 valence electrons. The highest BCUT2D eigenvalue weighted by Gasteiger charge is 2.11. The van der Waals surface area contributed by atoms with Gasteiger partial charge in [0.25, 0.3) is 11.8 Å². The van der Waals surface area contributed by atoms with Gasteiger partial charge in [-0.25, -0.2) is 0 Å². The van der Waals surface area contributed by atoms with E-state index >= 15 is 0 Å². The first-order chi connectivity index (χ1) is 12.5. The summed E-state index contributed by atoms with van der Waals surface area (Å²) in [7, 11) is 0. The molecular weight excluding hydrogens is 460 g/mol. The normalized spacial score (nSPS) is 10.2. The largest absolute Gasteiger partial charge is 0.322 e. The van der Waals surface area contributed by atoms with E-state index in [1.165, 1.54) is 0 Å². The molecule has 0 bridgehead atoms. The van der Waals surface area contributed by atoms with Gasteiger partial charge in [-0.3, -0.25) is 9.59 Å². The van der Waals surface area contributed by atoms with Crippen LogP contribution in [-0.4, -0.2) is 11.8 Å². The number of amides is 2. The van der Waals surface area contributed by atoms with E-state index in [1.54, 1.807) is 54.6 Å². The maximum absolute atomic E-state index is 12.4.